The lowest BCUT2D eigenvalue weighted by atomic mass is 10.3. The minimum atomic E-state index is -0.370. The van der Waals surface area contributed by atoms with Crippen molar-refractivity contribution < 1.29 is 9.84 Å². The molecule has 0 aliphatic heterocycles. The van der Waals surface area contributed by atoms with Crippen molar-refractivity contribution in [2.24, 2.45) is 5.92 Å². The van der Waals surface area contributed by atoms with E-state index >= 15 is 0 Å². The predicted molar refractivity (Wildman–Crippen MR) is 74.8 cm³/mol. The summed E-state index contributed by atoms with van der Waals surface area (Å²) in [7, 11) is 0. The molecule has 4 nitrogen and oxygen atoms in total. The minimum absolute atomic E-state index is 0.370. The van der Waals surface area contributed by atoms with E-state index in [-0.39, 0.29) is 6.10 Å². The van der Waals surface area contributed by atoms with Crippen molar-refractivity contribution in [3.05, 3.63) is 0 Å². The largest absolute Gasteiger partial charge is 0.389 e. The second-order valence-corrected chi connectivity index (χ2v) is 5.27. The maximum atomic E-state index is 9.71. The summed E-state index contributed by atoms with van der Waals surface area (Å²) >= 11 is 0. The molecule has 0 spiro atoms. The summed E-state index contributed by atoms with van der Waals surface area (Å²) in [5, 5.41) is 13.0. The number of nitrogens with one attached hydrogen (secondary N) is 1. The Morgan fingerprint density at radius 3 is 2.72 bits per heavy atom. The number of aliphatic hydroxyl groups is 1. The first-order chi connectivity index (χ1) is 8.76. The molecule has 2 N–H and O–H groups in total. The van der Waals surface area contributed by atoms with Gasteiger partial charge in [-0.25, -0.2) is 0 Å². The summed E-state index contributed by atoms with van der Waals surface area (Å²) in [6, 6.07) is 0. The van der Waals surface area contributed by atoms with E-state index in [1.807, 2.05) is 0 Å². The van der Waals surface area contributed by atoms with Gasteiger partial charge in [-0.2, -0.15) is 0 Å². The Morgan fingerprint density at radius 2 is 2.11 bits per heavy atom. The molecular weight excluding hydrogens is 228 g/mol. The first-order valence-corrected chi connectivity index (χ1v) is 7.45. The Bertz CT molecular complexity index is 198. The fraction of sp³-hybridized carbons (Fsp3) is 1.00. The van der Waals surface area contributed by atoms with Crippen LogP contribution in [0.4, 0.5) is 0 Å². The van der Waals surface area contributed by atoms with Gasteiger partial charge >= 0.3 is 0 Å². The second-order valence-electron chi connectivity index (χ2n) is 5.27. The molecule has 0 aromatic heterocycles. The van der Waals surface area contributed by atoms with Gasteiger partial charge in [-0.1, -0.05) is 13.8 Å². The fourth-order valence-electron chi connectivity index (χ4n) is 1.96. The van der Waals surface area contributed by atoms with Gasteiger partial charge in [0.05, 0.1) is 12.7 Å². The molecule has 0 saturated heterocycles. The van der Waals surface area contributed by atoms with E-state index in [1.165, 1.54) is 19.3 Å². The van der Waals surface area contributed by atoms with Gasteiger partial charge in [0.1, 0.15) is 0 Å². The maximum Gasteiger partial charge on any atom is 0.0897 e. The lowest BCUT2D eigenvalue weighted by molar-refractivity contribution is 0.0324. The molecule has 18 heavy (non-hydrogen) atoms. The monoisotopic (exact) mass is 258 g/mol. The smallest absolute Gasteiger partial charge is 0.0897 e. The van der Waals surface area contributed by atoms with Crippen molar-refractivity contribution in [3.8, 4) is 0 Å². The summed E-state index contributed by atoms with van der Waals surface area (Å²) in [5.74, 6) is 0.775. The molecule has 1 saturated carbocycles. The molecule has 1 rings (SSSR count). The molecule has 1 aliphatic rings. The Hall–Kier alpha value is -0.160. The lowest BCUT2D eigenvalue weighted by Gasteiger charge is -2.20. The average Bonchev–Trinajstić information content (AvgIpc) is 3.17. The van der Waals surface area contributed by atoms with Crippen LogP contribution in [0.15, 0.2) is 0 Å². The van der Waals surface area contributed by atoms with Crippen molar-refractivity contribution in [2.75, 3.05) is 45.9 Å². The number of likely N-dealkylation sites (N-methyl/N-ethyl adjacent to an activating group) is 1. The van der Waals surface area contributed by atoms with Crippen LogP contribution in [0.3, 0.4) is 0 Å². The van der Waals surface area contributed by atoms with Crippen molar-refractivity contribution in [1.29, 1.82) is 0 Å². The molecule has 1 aliphatic carbocycles. The summed E-state index contributed by atoms with van der Waals surface area (Å²) in [6.45, 7) is 10.6. The van der Waals surface area contributed by atoms with Crippen LogP contribution in [-0.2, 0) is 4.74 Å². The first-order valence-electron chi connectivity index (χ1n) is 7.45. The van der Waals surface area contributed by atoms with Crippen molar-refractivity contribution in [1.82, 2.24) is 10.2 Å². The van der Waals surface area contributed by atoms with Gasteiger partial charge in [-0.3, -0.25) is 0 Å². The maximum absolute atomic E-state index is 9.71. The van der Waals surface area contributed by atoms with Crippen LogP contribution in [0, 0.1) is 5.92 Å². The molecule has 0 radical (unpaired) electrons. The van der Waals surface area contributed by atoms with Crippen LogP contribution in [-0.4, -0.2) is 62.0 Å². The van der Waals surface area contributed by atoms with Crippen LogP contribution in [0.5, 0.6) is 0 Å². The topological polar surface area (TPSA) is 44.7 Å². The number of hydrogen-bond acceptors (Lipinski definition) is 4. The third kappa shape index (κ3) is 8.03. The van der Waals surface area contributed by atoms with E-state index in [2.05, 4.69) is 24.1 Å². The number of rotatable bonds is 12. The van der Waals surface area contributed by atoms with Gasteiger partial charge in [0.15, 0.2) is 0 Å². The van der Waals surface area contributed by atoms with Crippen LogP contribution >= 0.6 is 0 Å². The number of nitrogens with zero attached hydrogens (tertiary/aromatic N) is 1. The fourth-order valence-corrected chi connectivity index (χ4v) is 1.96. The number of aliphatic hydroxyl groups excluding tert-OH is 1. The van der Waals surface area contributed by atoms with E-state index in [0.717, 1.165) is 38.7 Å². The molecule has 0 aromatic carbocycles. The van der Waals surface area contributed by atoms with Gasteiger partial charge in [0, 0.05) is 26.2 Å². The van der Waals surface area contributed by atoms with Crippen LogP contribution < -0.4 is 5.32 Å². The van der Waals surface area contributed by atoms with Crippen molar-refractivity contribution in [3.63, 3.8) is 0 Å². The zero-order valence-electron chi connectivity index (χ0n) is 12.0. The zero-order chi connectivity index (χ0) is 13.2. The van der Waals surface area contributed by atoms with Crippen molar-refractivity contribution in [2.45, 2.75) is 39.2 Å². The molecule has 4 heteroatoms. The van der Waals surface area contributed by atoms with Crippen LogP contribution in [0.25, 0.3) is 0 Å². The zero-order valence-corrected chi connectivity index (χ0v) is 12.0. The highest BCUT2D eigenvalue weighted by molar-refractivity contribution is 4.72. The van der Waals surface area contributed by atoms with E-state index in [4.69, 9.17) is 4.74 Å². The quantitative estimate of drug-likeness (QED) is 0.515. The molecule has 1 unspecified atom stereocenters. The van der Waals surface area contributed by atoms with Gasteiger partial charge in [-0.15, -0.1) is 0 Å². The Kier molecular flexibility index (Phi) is 8.59. The molecule has 0 aromatic rings. The Labute approximate surface area is 112 Å². The standard InChI is InChI=1S/C14H30N2O2/c1-3-8-16(4-2)9-7-15-10-14(17)12-18-11-13-5-6-13/h13-15,17H,3-12H2,1-2H3. The summed E-state index contributed by atoms with van der Waals surface area (Å²) in [4.78, 5) is 2.42. The SMILES string of the molecule is CCCN(CC)CCNCC(O)COCC1CC1. The van der Waals surface area contributed by atoms with Gasteiger partial charge in [0.25, 0.3) is 0 Å². The normalized spacial score (nSPS) is 17.3. The Morgan fingerprint density at radius 1 is 1.33 bits per heavy atom. The predicted octanol–water partition coefficient (Wildman–Crippen LogP) is 1.10. The van der Waals surface area contributed by atoms with Gasteiger partial charge in [0.2, 0.25) is 0 Å². The van der Waals surface area contributed by atoms with Gasteiger partial charge in [-0.05, 0) is 38.3 Å². The third-order valence-electron chi connectivity index (χ3n) is 3.33. The van der Waals surface area contributed by atoms with E-state index in [0.29, 0.717) is 13.2 Å². The molecule has 0 bridgehead atoms. The second kappa shape index (κ2) is 9.73. The summed E-state index contributed by atoms with van der Waals surface area (Å²) in [6.07, 6.45) is 3.44. The average molecular weight is 258 g/mol. The number of ether oxygens (including phenoxy) is 1. The van der Waals surface area contributed by atoms with Crippen LogP contribution in [0.2, 0.25) is 0 Å². The third-order valence-corrected chi connectivity index (χ3v) is 3.33. The van der Waals surface area contributed by atoms with Gasteiger partial charge < -0.3 is 20.1 Å². The van der Waals surface area contributed by atoms with E-state index in [9.17, 15) is 5.11 Å². The first kappa shape index (κ1) is 15.9. The summed E-state index contributed by atoms with van der Waals surface area (Å²) in [5.41, 5.74) is 0. The molecule has 108 valence electrons. The number of hydrogen-bond donors (Lipinski definition) is 2. The van der Waals surface area contributed by atoms with E-state index in [1.54, 1.807) is 0 Å². The molecule has 1 fully saturated rings. The highest BCUT2D eigenvalue weighted by atomic mass is 16.5. The minimum Gasteiger partial charge on any atom is -0.389 e. The van der Waals surface area contributed by atoms with Crippen molar-refractivity contribution >= 4 is 0 Å². The Balaban J connectivity index is 1.88. The van der Waals surface area contributed by atoms with E-state index < -0.39 is 0 Å². The molecule has 0 amide bonds. The highest BCUT2D eigenvalue weighted by Crippen LogP contribution is 2.28. The molecule has 0 heterocycles. The lowest BCUT2D eigenvalue weighted by Crippen LogP contribution is -2.37. The molecular formula is C14H30N2O2. The molecule has 1 atom stereocenters. The van der Waals surface area contributed by atoms with Crippen LogP contribution in [0.1, 0.15) is 33.1 Å². The highest BCUT2D eigenvalue weighted by Gasteiger charge is 2.21. The summed E-state index contributed by atoms with van der Waals surface area (Å²) < 4.78 is 5.46.